The van der Waals surface area contributed by atoms with Gasteiger partial charge in [0.1, 0.15) is 0 Å². The molecule has 0 aliphatic carbocycles. The van der Waals surface area contributed by atoms with E-state index < -0.39 is 0 Å². The summed E-state index contributed by atoms with van der Waals surface area (Å²) in [5.41, 5.74) is 2.57. The fraction of sp³-hybridized carbons (Fsp3) is 0.405. The number of benzene rings is 4. The number of rotatable bonds is 14. The van der Waals surface area contributed by atoms with Crippen LogP contribution in [0.5, 0.6) is 0 Å². The molecule has 5 aromatic rings. The molecule has 38 heavy (non-hydrogen) atoms. The summed E-state index contributed by atoms with van der Waals surface area (Å²) in [7, 11) is 0. The Hall–Kier alpha value is -2.82. The molecule has 0 unspecified atom stereocenters. The van der Waals surface area contributed by atoms with Crippen molar-refractivity contribution >= 4 is 43.7 Å². The first-order valence-corrected chi connectivity index (χ1v) is 16.0. The highest BCUT2D eigenvalue weighted by atomic mass is 32.1. The van der Waals surface area contributed by atoms with Gasteiger partial charge >= 0.3 is 0 Å². The van der Waals surface area contributed by atoms with Crippen molar-refractivity contribution in [2.75, 3.05) is 0 Å². The normalized spacial score (nSPS) is 11.5. The van der Waals surface area contributed by atoms with Gasteiger partial charge in [-0.15, -0.1) is 11.3 Å². The average Bonchev–Trinajstić information content (AvgIpc) is 3.40. The summed E-state index contributed by atoms with van der Waals surface area (Å²) < 4.78 is 0. The summed E-state index contributed by atoms with van der Waals surface area (Å²) in [4.78, 5) is 1.25. The first-order valence-electron chi connectivity index (χ1n) is 15.1. The molecule has 4 aromatic carbocycles. The Morgan fingerprint density at radius 3 is 1.82 bits per heavy atom. The van der Waals surface area contributed by atoms with Gasteiger partial charge in [-0.05, 0) is 68.2 Å². The molecule has 0 bridgehead atoms. The topological polar surface area (TPSA) is 0 Å². The summed E-state index contributed by atoms with van der Waals surface area (Å²) in [6.07, 6.45) is 19.4. The Bertz CT molecular complexity index is 1480. The van der Waals surface area contributed by atoms with E-state index in [9.17, 15) is 0 Å². The first-order chi connectivity index (χ1) is 18.8. The van der Waals surface area contributed by atoms with Crippen LogP contribution in [-0.4, -0.2) is 0 Å². The summed E-state index contributed by atoms with van der Waals surface area (Å²) in [6, 6.07) is 22.3. The molecule has 1 heteroatoms. The van der Waals surface area contributed by atoms with Gasteiger partial charge in [-0.2, -0.15) is 0 Å². The number of hydrogen-bond acceptors (Lipinski definition) is 1. The molecule has 5 rings (SSSR count). The Balaban J connectivity index is 1.12. The van der Waals surface area contributed by atoms with Crippen LogP contribution >= 0.6 is 11.3 Å². The highest BCUT2D eigenvalue weighted by Crippen LogP contribution is 2.35. The van der Waals surface area contributed by atoms with E-state index in [4.69, 9.17) is 0 Å². The third kappa shape index (κ3) is 6.59. The smallest absolute Gasteiger partial charge is 0.0804 e. The molecular formula is C37H42S. The molecular weight excluding hydrogens is 476 g/mol. The van der Waals surface area contributed by atoms with E-state index in [1.807, 2.05) is 0 Å². The van der Waals surface area contributed by atoms with Crippen LogP contribution in [0.1, 0.15) is 106 Å². The SMILES string of the molecule is CCCCCCCCCCCCCCCc1ccsc1C#Cc1ccc2ccc3cccc4ccc1c2c34. The summed E-state index contributed by atoms with van der Waals surface area (Å²) in [5.74, 6) is 7.10. The van der Waals surface area contributed by atoms with Crippen LogP contribution in [0.25, 0.3) is 32.3 Å². The van der Waals surface area contributed by atoms with Crippen LogP contribution in [0.3, 0.4) is 0 Å². The largest absolute Gasteiger partial charge is 0.135 e. The average molecular weight is 519 g/mol. The van der Waals surface area contributed by atoms with E-state index in [2.05, 4.69) is 84.8 Å². The first kappa shape index (κ1) is 26.8. The predicted molar refractivity (Wildman–Crippen MR) is 170 cm³/mol. The molecule has 0 nitrogen and oxygen atoms in total. The number of aryl methyl sites for hydroxylation is 1. The molecule has 1 aromatic heterocycles. The van der Waals surface area contributed by atoms with Crippen molar-refractivity contribution in [1.29, 1.82) is 0 Å². The van der Waals surface area contributed by atoms with Gasteiger partial charge in [0.2, 0.25) is 0 Å². The lowest BCUT2D eigenvalue weighted by atomic mass is 9.92. The van der Waals surface area contributed by atoms with E-state index in [0.717, 1.165) is 12.0 Å². The summed E-state index contributed by atoms with van der Waals surface area (Å²) >= 11 is 1.79. The van der Waals surface area contributed by atoms with Crippen molar-refractivity contribution in [3.8, 4) is 11.8 Å². The molecule has 0 radical (unpaired) electrons. The third-order valence-electron chi connectivity index (χ3n) is 8.14. The quantitative estimate of drug-likeness (QED) is 0.0779. The lowest BCUT2D eigenvalue weighted by molar-refractivity contribution is 0.539. The highest BCUT2D eigenvalue weighted by molar-refractivity contribution is 7.10. The van der Waals surface area contributed by atoms with Gasteiger partial charge < -0.3 is 0 Å². The molecule has 0 saturated carbocycles. The van der Waals surface area contributed by atoms with Crippen LogP contribution in [0.2, 0.25) is 0 Å². The maximum absolute atomic E-state index is 3.55. The van der Waals surface area contributed by atoms with Gasteiger partial charge in [0.05, 0.1) is 4.88 Å². The zero-order chi connectivity index (χ0) is 26.0. The lowest BCUT2D eigenvalue weighted by Crippen LogP contribution is -1.88. The highest BCUT2D eigenvalue weighted by Gasteiger charge is 2.10. The zero-order valence-electron chi connectivity index (χ0n) is 23.2. The Labute approximate surface area is 233 Å². The predicted octanol–water partition coefficient (Wildman–Crippen LogP) is 11.7. The van der Waals surface area contributed by atoms with Crippen LogP contribution < -0.4 is 0 Å². The van der Waals surface area contributed by atoms with Crippen molar-refractivity contribution in [3.63, 3.8) is 0 Å². The van der Waals surface area contributed by atoms with Crippen LogP contribution in [-0.2, 0) is 6.42 Å². The Morgan fingerprint density at radius 2 is 1.13 bits per heavy atom. The van der Waals surface area contributed by atoms with Crippen molar-refractivity contribution in [3.05, 3.63) is 82.0 Å². The van der Waals surface area contributed by atoms with E-state index in [-0.39, 0.29) is 0 Å². The minimum absolute atomic E-state index is 1.14. The van der Waals surface area contributed by atoms with Crippen molar-refractivity contribution < 1.29 is 0 Å². The van der Waals surface area contributed by atoms with Crippen LogP contribution in [0.15, 0.2) is 66.0 Å². The van der Waals surface area contributed by atoms with E-state index in [1.54, 1.807) is 11.3 Å². The van der Waals surface area contributed by atoms with Gasteiger partial charge in [0, 0.05) is 5.56 Å². The molecule has 0 aliphatic heterocycles. The fourth-order valence-corrected chi connectivity index (χ4v) is 6.74. The fourth-order valence-electron chi connectivity index (χ4n) is 5.94. The molecule has 0 atom stereocenters. The molecule has 0 saturated heterocycles. The Morgan fingerprint density at radius 1 is 0.553 bits per heavy atom. The standard InChI is InChI=1S/C37H42S/c1-2-3-4-5-6-7-8-9-10-11-12-13-14-16-30-27-28-38-35(30)26-24-29-19-20-33-22-21-31-17-15-18-32-23-25-34(29)37(33)36(31)32/h15,17-23,25,27-28H,2-14,16H2,1H3. The Kier molecular flexibility index (Phi) is 9.74. The van der Waals surface area contributed by atoms with Crippen molar-refractivity contribution in [2.45, 2.75) is 96.8 Å². The molecule has 0 fully saturated rings. The number of hydrogen-bond donors (Lipinski definition) is 0. The van der Waals surface area contributed by atoms with Gasteiger partial charge in [-0.1, -0.05) is 144 Å². The maximum atomic E-state index is 3.55. The molecule has 0 spiro atoms. The number of thiophene rings is 1. The number of unbranched alkanes of at least 4 members (excludes halogenated alkanes) is 12. The minimum atomic E-state index is 1.14. The second kappa shape index (κ2) is 13.8. The van der Waals surface area contributed by atoms with Gasteiger partial charge in [0.15, 0.2) is 0 Å². The van der Waals surface area contributed by atoms with E-state index in [0.29, 0.717) is 0 Å². The minimum Gasteiger partial charge on any atom is -0.135 e. The molecule has 196 valence electrons. The van der Waals surface area contributed by atoms with Gasteiger partial charge in [-0.3, -0.25) is 0 Å². The second-order valence-corrected chi connectivity index (χ2v) is 11.9. The maximum Gasteiger partial charge on any atom is 0.0804 e. The third-order valence-corrected chi connectivity index (χ3v) is 9.01. The van der Waals surface area contributed by atoms with Crippen molar-refractivity contribution in [1.82, 2.24) is 0 Å². The van der Waals surface area contributed by atoms with Crippen LogP contribution in [0.4, 0.5) is 0 Å². The molecule has 0 N–H and O–H groups in total. The molecule has 0 aliphatic rings. The molecule has 1 heterocycles. The monoisotopic (exact) mass is 518 g/mol. The summed E-state index contributed by atoms with van der Waals surface area (Å²) in [6.45, 7) is 2.29. The van der Waals surface area contributed by atoms with E-state index >= 15 is 0 Å². The van der Waals surface area contributed by atoms with Gasteiger partial charge in [0.25, 0.3) is 0 Å². The second-order valence-electron chi connectivity index (χ2n) is 11.0. The van der Waals surface area contributed by atoms with E-state index in [1.165, 1.54) is 126 Å². The summed E-state index contributed by atoms with van der Waals surface area (Å²) in [5, 5.41) is 10.1. The van der Waals surface area contributed by atoms with Gasteiger partial charge in [-0.25, -0.2) is 0 Å². The zero-order valence-corrected chi connectivity index (χ0v) is 24.0. The lowest BCUT2D eigenvalue weighted by Gasteiger charge is -2.11. The molecule has 0 amide bonds. The van der Waals surface area contributed by atoms with Crippen molar-refractivity contribution in [2.24, 2.45) is 0 Å². The van der Waals surface area contributed by atoms with Crippen LogP contribution in [0, 0.1) is 11.8 Å².